The third-order valence-electron chi connectivity index (χ3n) is 4.46. The van der Waals surface area contributed by atoms with Crippen LogP contribution in [0.15, 0.2) is 12.1 Å². The smallest absolute Gasteiger partial charge is 0.241 e. The van der Waals surface area contributed by atoms with Gasteiger partial charge in [0.05, 0.1) is 6.04 Å². The number of hydrogen-bond acceptors (Lipinski definition) is 3. The molecular formula is C17H26N2OS. The monoisotopic (exact) mass is 306 g/mol. The van der Waals surface area contributed by atoms with E-state index in [0.717, 1.165) is 18.9 Å². The number of carbonyl (C=O) groups excluding carboxylic acids is 1. The third kappa shape index (κ3) is 3.49. The summed E-state index contributed by atoms with van der Waals surface area (Å²) < 4.78 is 0. The Morgan fingerprint density at radius 2 is 2.14 bits per heavy atom. The highest BCUT2D eigenvalue weighted by Crippen LogP contribution is 2.36. The Balaban J connectivity index is 1.75. The first-order valence-electron chi connectivity index (χ1n) is 8.17. The Labute approximate surface area is 131 Å². The summed E-state index contributed by atoms with van der Waals surface area (Å²) in [7, 11) is 0. The van der Waals surface area contributed by atoms with Crippen LogP contribution in [0.4, 0.5) is 0 Å². The van der Waals surface area contributed by atoms with Crippen LogP contribution in [0, 0.1) is 18.8 Å². The van der Waals surface area contributed by atoms with Crippen molar-refractivity contribution in [1.82, 2.24) is 10.2 Å². The fourth-order valence-electron chi connectivity index (χ4n) is 3.12. The molecule has 1 saturated heterocycles. The van der Waals surface area contributed by atoms with Crippen molar-refractivity contribution in [3.05, 3.63) is 21.9 Å². The molecule has 4 heteroatoms. The lowest BCUT2D eigenvalue weighted by atomic mass is 10.0. The number of amides is 1. The SMILES string of the molecule is Cc1ccc(C2NC(CC(C)C)C(=O)N2CCC2CC2)s1. The summed E-state index contributed by atoms with van der Waals surface area (Å²) in [6.45, 7) is 7.41. The van der Waals surface area contributed by atoms with Crippen LogP contribution in [0.1, 0.15) is 55.5 Å². The lowest BCUT2D eigenvalue weighted by Crippen LogP contribution is -2.32. The predicted molar refractivity (Wildman–Crippen MR) is 87.2 cm³/mol. The van der Waals surface area contributed by atoms with E-state index in [1.165, 1.54) is 29.0 Å². The first-order chi connectivity index (χ1) is 10.0. The largest absolute Gasteiger partial charge is 0.321 e. The minimum absolute atomic E-state index is 0.00314. The standard InChI is InChI=1S/C17H26N2OS/c1-11(2)10-14-17(20)19(9-8-13-5-6-13)16(18-14)15-7-4-12(3)21-15/h4,7,11,13-14,16,18H,5-6,8-10H2,1-3H3. The number of rotatable bonds is 6. The summed E-state index contributed by atoms with van der Waals surface area (Å²) in [6.07, 6.45) is 4.91. The van der Waals surface area contributed by atoms with Gasteiger partial charge in [0, 0.05) is 16.3 Å². The molecule has 1 amide bonds. The van der Waals surface area contributed by atoms with E-state index in [-0.39, 0.29) is 12.2 Å². The van der Waals surface area contributed by atoms with Gasteiger partial charge in [0.15, 0.2) is 0 Å². The average Bonchev–Trinajstić information content (AvgIpc) is 3.08. The Hall–Kier alpha value is -0.870. The number of nitrogens with zero attached hydrogens (tertiary/aromatic N) is 1. The molecule has 2 atom stereocenters. The predicted octanol–water partition coefficient (Wildman–Crippen LogP) is 3.70. The highest BCUT2D eigenvalue weighted by molar-refractivity contribution is 7.12. The van der Waals surface area contributed by atoms with Gasteiger partial charge >= 0.3 is 0 Å². The highest BCUT2D eigenvalue weighted by Gasteiger charge is 2.40. The topological polar surface area (TPSA) is 32.3 Å². The van der Waals surface area contributed by atoms with Crippen molar-refractivity contribution >= 4 is 17.2 Å². The quantitative estimate of drug-likeness (QED) is 0.869. The van der Waals surface area contributed by atoms with Crippen LogP contribution in [0.2, 0.25) is 0 Å². The van der Waals surface area contributed by atoms with Crippen molar-refractivity contribution in [2.75, 3.05) is 6.54 Å². The van der Waals surface area contributed by atoms with Crippen molar-refractivity contribution in [3.63, 3.8) is 0 Å². The first kappa shape index (κ1) is 15.0. The van der Waals surface area contributed by atoms with E-state index in [0.29, 0.717) is 11.8 Å². The van der Waals surface area contributed by atoms with E-state index in [1.54, 1.807) is 11.3 Å². The molecule has 0 bridgehead atoms. The van der Waals surface area contributed by atoms with Crippen LogP contribution < -0.4 is 5.32 Å². The molecule has 2 aliphatic rings. The molecule has 1 aliphatic carbocycles. The number of carbonyl (C=O) groups is 1. The second kappa shape index (κ2) is 6.09. The molecule has 3 rings (SSSR count). The van der Waals surface area contributed by atoms with Gasteiger partial charge in [-0.2, -0.15) is 0 Å². The summed E-state index contributed by atoms with van der Waals surface area (Å²) in [5.74, 6) is 1.72. The fourth-order valence-corrected chi connectivity index (χ4v) is 4.07. The zero-order valence-electron chi connectivity index (χ0n) is 13.3. The molecule has 2 fully saturated rings. The number of thiophene rings is 1. The van der Waals surface area contributed by atoms with Gasteiger partial charge in [-0.15, -0.1) is 11.3 Å². The lowest BCUT2D eigenvalue weighted by Gasteiger charge is -2.23. The van der Waals surface area contributed by atoms with E-state index >= 15 is 0 Å². The van der Waals surface area contributed by atoms with Crippen LogP contribution in [0.5, 0.6) is 0 Å². The maximum Gasteiger partial charge on any atom is 0.241 e. The molecule has 1 aromatic rings. The van der Waals surface area contributed by atoms with Crippen molar-refractivity contribution in [3.8, 4) is 0 Å². The Bertz CT molecular complexity index is 507. The second-order valence-electron chi connectivity index (χ2n) is 6.96. The molecule has 0 spiro atoms. The number of hydrogen-bond donors (Lipinski definition) is 1. The van der Waals surface area contributed by atoms with Crippen LogP contribution in [0.3, 0.4) is 0 Å². The van der Waals surface area contributed by atoms with Crippen LogP contribution in [-0.4, -0.2) is 23.4 Å². The normalized spacial score (nSPS) is 26.1. The first-order valence-corrected chi connectivity index (χ1v) is 8.99. The van der Waals surface area contributed by atoms with E-state index in [2.05, 4.69) is 43.1 Å². The third-order valence-corrected chi connectivity index (χ3v) is 5.52. The van der Waals surface area contributed by atoms with Crippen molar-refractivity contribution < 1.29 is 4.79 Å². The molecule has 1 aliphatic heterocycles. The molecule has 1 aromatic heterocycles. The molecular weight excluding hydrogens is 280 g/mol. The molecule has 21 heavy (non-hydrogen) atoms. The van der Waals surface area contributed by atoms with Crippen LogP contribution in [-0.2, 0) is 4.79 Å². The summed E-state index contributed by atoms with van der Waals surface area (Å²) in [6, 6.07) is 4.32. The van der Waals surface area contributed by atoms with Gasteiger partial charge in [0.2, 0.25) is 5.91 Å². The Kier molecular flexibility index (Phi) is 4.36. The summed E-state index contributed by atoms with van der Waals surface area (Å²) in [4.78, 5) is 17.4. The maximum absolute atomic E-state index is 12.7. The fraction of sp³-hybridized carbons (Fsp3) is 0.706. The summed E-state index contributed by atoms with van der Waals surface area (Å²) in [5, 5.41) is 3.58. The van der Waals surface area contributed by atoms with Gasteiger partial charge in [-0.3, -0.25) is 10.1 Å². The van der Waals surface area contributed by atoms with Crippen LogP contribution >= 0.6 is 11.3 Å². The molecule has 0 aromatic carbocycles. The zero-order chi connectivity index (χ0) is 15.0. The van der Waals surface area contributed by atoms with Gasteiger partial charge < -0.3 is 4.90 Å². The van der Waals surface area contributed by atoms with E-state index in [9.17, 15) is 4.79 Å². The molecule has 1 saturated carbocycles. The van der Waals surface area contributed by atoms with Gasteiger partial charge in [0.1, 0.15) is 6.17 Å². The van der Waals surface area contributed by atoms with Gasteiger partial charge in [-0.1, -0.05) is 26.7 Å². The van der Waals surface area contributed by atoms with Crippen molar-refractivity contribution in [2.24, 2.45) is 11.8 Å². The van der Waals surface area contributed by atoms with E-state index in [4.69, 9.17) is 0 Å². The van der Waals surface area contributed by atoms with Crippen molar-refractivity contribution in [2.45, 2.75) is 58.7 Å². The Morgan fingerprint density at radius 3 is 2.71 bits per heavy atom. The minimum atomic E-state index is -0.00314. The maximum atomic E-state index is 12.7. The molecule has 2 heterocycles. The molecule has 3 nitrogen and oxygen atoms in total. The highest BCUT2D eigenvalue weighted by atomic mass is 32.1. The van der Waals surface area contributed by atoms with Gasteiger partial charge in [-0.05, 0) is 43.7 Å². The summed E-state index contributed by atoms with van der Waals surface area (Å²) >= 11 is 1.81. The zero-order valence-corrected chi connectivity index (χ0v) is 14.1. The van der Waals surface area contributed by atoms with E-state index < -0.39 is 0 Å². The number of nitrogens with one attached hydrogen (secondary N) is 1. The molecule has 1 N–H and O–H groups in total. The minimum Gasteiger partial charge on any atom is -0.321 e. The van der Waals surface area contributed by atoms with Gasteiger partial charge in [-0.25, -0.2) is 0 Å². The second-order valence-corrected chi connectivity index (χ2v) is 8.28. The molecule has 0 radical (unpaired) electrons. The van der Waals surface area contributed by atoms with E-state index in [1.807, 2.05) is 0 Å². The summed E-state index contributed by atoms with van der Waals surface area (Å²) in [5.41, 5.74) is 0. The van der Waals surface area contributed by atoms with Crippen molar-refractivity contribution in [1.29, 1.82) is 0 Å². The number of aryl methyl sites for hydroxylation is 1. The van der Waals surface area contributed by atoms with Gasteiger partial charge in [0.25, 0.3) is 0 Å². The molecule has 2 unspecified atom stereocenters. The van der Waals surface area contributed by atoms with Crippen LogP contribution in [0.25, 0.3) is 0 Å². The Morgan fingerprint density at radius 1 is 1.38 bits per heavy atom. The average molecular weight is 306 g/mol. The molecule has 116 valence electrons. The lowest BCUT2D eigenvalue weighted by molar-refractivity contribution is -0.130.